The SMILES string of the molecule is CC[SiH](CC)CC.OB(O)O. The van der Waals surface area contributed by atoms with Crippen molar-refractivity contribution in [3.63, 3.8) is 0 Å². The second-order valence-electron chi connectivity index (χ2n) is 2.44. The lowest BCUT2D eigenvalue weighted by Gasteiger charge is -2.03. The molecule has 0 aromatic heterocycles. The van der Waals surface area contributed by atoms with Gasteiger partial charge in [-0.1, -0.05) is 38.9 Å². The van der Waals surface area contributed by atoms with E-state index < -0.39 is 7.32 Å². The summed E-state index contributed by atoms with van der Waals surface area (Å²) in [5.41, 5.74) is 0. The van der Waals surface area contributed by atoms with Gasteiger partial charge >= 0.3 is 7.32 Å². The third-order valence-corrected chi connectivity index (χ3v) is 5.20. The van der Waals surface area contributed by atoms with E-state index in [4.69, 9.17) is 15.1 Å². The molecule has 5 heteroatoms. The Kier molecular flexibility index (Phi) is 12.7. The van der Waals surface area contributed by atoms with Gasteiger partial charge in [-0.05, 0) is 0 Å². The predicted molar refractivity (Wildman–Crippen MR) is 51.0 cm³/mol. The van der Waals surface area contributed by atoms with E-state index >= 15 is 0 Å². The molecule has 0 amide bonds. The minimum Gasteiger partial charge on any atom is -0.402 e. The third-order valence-electron chi connectivity index (χ3n) is 1.73. The fourth-order valence-corrected chi connectivity index (χ4v) is 2.60. The molecular weight excluding hydrogens is 159 g/mol. The summed E-state index contributed by atoms with van der Waals surface area (Å²) in [5.74, 6) is 0. The number of rotatable bonds is 3. The highest BCUT2D eigenvalue weighted by Crippen LogP contribution is 2.01. The van der Waals surface area contributed by atoms with E-state index in [0.717, 1.165) is 0 Å². The normalized spacial score (nSPS) is 9.00. The highest BCUT2D eigenvalue weighted by atomic mass is 28.3. The molecule has 0 atom stereocenters. The molecule has 0 fully saturated rings. The summed E-state index contributed by atoms with van der Waals surface area (Å²) in [5, 5.41) is 21.5. The fourth-order valence-electron chi connectivity index (χ4n) is 0.866. The maximum absolute atomic E-state index is 7.17. The monoisotopic (exact) mass is 178 g/mol. The molecule has 0 aromatic rings. The van der Waals surface area contributed by atoms with Crippen LogP contribution in [0.5, 0.6) is 0 Å². The lowest BCUT2D eigenvalue weighted by atomic mass is 10.3. The molecule has 0 radical (unpaired) electrons. The van der Waals surface area contributed by atoms with Crippen LogP contribution in [0.3, 0.4) is 0 Å². The topological polar surface area (TPSA) is 60.7 Å². The summed E-state index contributed by atoms with van der Waals surface area (Å²) in [6, 6.07) is 4.48. The van der Waals surface area contributed by atoms with Crippen LogP contribution >= 0.6 is 0 Å². The fraction of sp³-hybridized carbons (Fsp3) is 1.00. The van der Waals surface area contributed by atoms with E-state index in [9.17, 15) is 0 Å². The maximum atomic E-state index is 7.17. The van der Waals surface area contributed by atoms with E-state index in [2.05, 4.69) is 20.8 Å². The molecule has 3 nitrogen and oxygen atoms in total. The van der Waals surface area contributed by atoms with Crippen molar-refractivity contribution < 1.29 is 15.1 Å². The van der Waals surface area contributed by atoms with Gasteiger partial charge in [0.1, 0.15) is 0 Å². The number of hydrogen-bond acceptors (Lipinski definition) is 3. The first kappa shape index (κ1) is 13.7. The van der Waals surface area contributed by atoms with Crippen molar-refractivity contribution in [2.45, 2.75) is 38.9 Å². The highest BCUT2D eigenvalue weighted by molar-refractivity contribution is 6.58. The molecule has 0 rings (SSSR count). The van der Waals surface area contributed by atoms with Gasteiger partial charge in [0.05, 0.1) is 0 Å². The van der Waals surface area contributed by atoms with E-state index in [0.29, 0.717) is 0 Å². The minimum atomic E-state index is -2.17. The summed E-state index contributed by atoms with van der Waals surface area (Å²) in [6.07, 6.45) is 0. The Morgan fingerprint density at radius 1 is 0.909 bits per heavy atom. The first-order valence-corrected chi connectivity index (χ1v) is 6.57. The molecule has 0 aliphatic carbocycles. The zero-order valence-electron chi connectivity index (χ0n) is 7.62. The van der Waals surface area contributed by atoms with Gasteiger partial charge in [0, 0.05) is 8.80 Å². The lowest BCUT2D eigenvalue weighted by Crippen LogP contribution is -2.07. The van der Waals surface area contributed by atoms with E-state index in [1.54, 1.807) is 0 Å². The molecule has 3 N–H and O–H groups in total. The average Bonchev–Trinajstić information content (AvgIpc) is 1.90. The summed E-state index contributed by atoms with van der Waals surface area (Å²) < 4.78 is 0. The van der Waals surface area contributed by atoms with Crippen LogP contribution in [0.2, 0.25) is 18.1 Å². The van der Waals surface area contributed by atoms with E-state index in [1.165, 1.54) is 18.1 Å². The summed E-state index contributed by atoms with van der Waals surface area (Å²) in [7, 11) is -2.34. The summed E-state index contributed by atoms with van der Waals surface area (Å²) in [4.78, 5) is 0. The molecule has 0 spiro atoms. The van der Waals surface area contributed by atoms with E-state index in [1.807, 2.05) is 0 Å². The number of hydrogen-bond donors (Lipinski definition) is 3. The van der Waals surface area contributed by atoms with Crippen LogP contribution in [0.1, 0.15) is 20.8 Å². The van der Waals surface area contributed by atoms with E-state index in [-0.39, 0.29) is 8.80 Å². The third kappa shape index (κ3) is 17.8. The Bertz CT molecular complexity index is 60.6. The Morgan fingerprint density at radius 3 is 1.09 bits per heavy atom. The second kappa shape index (κ2) is 10.2. The zero-order chi connectivity index (χ0) is 9.28. The predicted octanol–water partition coefficient (Wildman–Crippen LogP) is 0.221. The molecule has 0 unspecified atom stereocenters. The van der Waals surface area contributed by atoms with Gasteiger partial charge in [-0.3, -0.25) is 0 Å². The van der Waals surface area contributed by atoms with Crippen LogP contribution in [-0.2, 0) is 0 Å². The van der Waals surface area contributed by atoms with Crippen LogP contribution in [-0.4, -0.2) is 31.2 Å². The molecule has 0 aliphatic rings. The standard InChI is InChI=1S/C6H16Si.BH3O3/c1-4-7(5-2)6-3;2-1(3)4/h7H,4-6H2,1-3H3;2-4H. The van der Waals surface area contributed by atoms with Gasteiger partial charge < -0.3 is 15.1 Å². The molecule has 68 valence electrons. The van der Waals surface area contributed by atoms with Gasteiger partial charge in [-0.2, -0.15) is 0 Å². The summed E-state index contributed by atoms with van der Waals surface area (Å²) >= 11 is 0. The quantitative estimate of drug-likeness (QED) is 0.542. The Balaban J connectivity index is 0. The molecular formula is C6H19BO3Si. The molecule has 0 saturated heterocycles. The van der Waals surface area contributed by atoms with Gasteiger partial charge in [-0.15, -0.1) is 0 Å². The first-order valence-electron chi connectivity index (χ1n) is 4.12. The maximum Gasteiger partial charge on any atom is 0.631 e. The largest absolute Gasteiger partial charge is 0.631 e. The van der Waals surface area contributed by atoms with Crippen LogP contribution in [0.4, 0.5) is 0 Å². The first-order chi connectivity index (χ1) is 5.08. The van der Waals surface area contributed by atoms with Crippen LogP contribution in [0, 0.1) is 0 Å². The van der Waals surface area contributed by atoms with Gasteiger partial charge in [0.15, 0.2) is 0 Å². The van der Waals surface area contributed by atoms with Crippen molar-refractivity contribution >= 4 is 16.1 Å². The zero-order valence-corrected chi connectivity index (χ0v) is 8.77. The Hall–Kier alpha value is 0.162. The highest BCUT2D eigenvalue weighted by Gasteiger charge is 1.98. The van der Waals surface area contributed by atoms with Crippen molar-refractivity contribution in [2.24, 2.45) is 0 Å². The van der Waals surface area contributed by atoms with Gasteiger partial charge in [0.2, 0.25) is 0 Å². The van der Waals surface area contributed by atoms with Crippen molar-refractivity contribution in [1.82, 2.24) is 0 Å². The Labute approximate surface area is 70.9 Å². The van der Waals surface area contributed by atoms with Crippen molar-refractivity contribution in [2.75, 3.05) is 0 Å². The molecule has 0 aromatic carbocycles. The Morgan fingerprint density at radius 2 is 1.09 bits per heavy atom. The molecule has 11 heavy (non-hydrogen) atoms. The minimum absolute atomic E-state index is 0.171. The molecule has 0 bridgehead atoms. The van der Waals surface area contributed by atoms with Crippen molar-refractivity contribution in [3.05, 3.63) is 0 Å². The molecule has 0 saturated carbocycles. The molecule has 0 aliphatic heterocycles. The lowest BCUT2D eigenvalue weighted by molar-refractivity contribution is 0.278. The van der Waals surface area contributed by atoms with Gasteiger partial charge in [-0.25, -0.2) is 0 Å². The van der Waals surface area contributed by atoms with Crippen LogP contribution in [0.25, 0.3) is 0 Å². The second-order valence-corrected chi connectivity index (χ2v) is 6.62. The van der Waals surface area contributed by atoms with Crippen LogP contribution < -0.4 is 0 Å². The smallest absolute Gasteiger partial charge is 0.402 e. The van der Waals surface area contributed by atoms with Crippen molar-refractivity contribution in [1.29, 1.82) is 0 Å². The van der Waals surface area contributed by atoms with Crippen LogP contribution in [0.15, 0.2) is 0 Å². The summed E-state index contributed by atoms with van der Waals surface area (Å²) in [6.45, 7) is 6.97. The average molecular weight is 178 g/mol. The van der Waals surface area contributed by atoms with Crippen molar-refractivity contribution in [3.8, 4) is 0 Å². The van der Waals surface area contributed by atoms with Gasteiger partial charge in [0.25, 0.3) is 0 Å². The molecule has 0 heterocycles.